The Bertz CT molecular complexity index is 1070. The molecule has 0 radical (unpaired) electrons. The quantitative estimate of drug-likeness (QED) is 0.703. The maximum Gasteiger partial charge on any atom is 0.257 e. The number of amides is 2. The lowest BCUT2D eigenvalue weighted by molar-refractivity contribution is -0.117. The molecular weight excluding hydrogens is 384 g/mol. The highest BCUT2D eigenvalue weighted by Gasteiger charge is 2.34. The second-order valence-corrected chi connectivity index (χ2v) is 8.53. The number of hydrogen-bond acceptors (Lipinski definition) is 5. The van der Waals surface area contributed by atoms with Crippen LogP contribution < -0.4 is 10.2 Å². The topological polar surface area (TPSA) is 75.2 Å². The van der Waals surface area contributed by atoms with Crippen molar-refractivity contribution in [1.29, 1.82) is 0 Å². The van der Waals surface area contributed by atoms with Gasteiger partial charge in [-0.2, -0.15) is 0 Å². The normalized spacial score (nSPS) is 16.3. The summed E-state index contributed by atoms with van der Waals surface area (Å²) in [5.41, 5.74) is 4.79. The van der Waals surface area contributed by atoms with E-state index < -0.39 is 0 Å². The lowest BCUT2D eigenvalue weighted by atomic mass is 10.1. The number of aryl methyl sites for hydroxylation is 3. The largest absolute Gasteiger partial charge is 0.312 e. The molecule has 3 aromatic rings. The third-order valence-electron chi connectivity index (χ3n) is 4.93. The number of hydrogen-bond donors (Lipinski definition) is 1. The number of carbonyl (C=O) groups excluding carboxylic acids is 2. The fraction of sp³-hybridized carbons (Fsp3) is 0.273. The summed E-state index contributed by atoms with van der Waals surface area (Å²) in [5, 5.41) is 12.4. The first-order valence-corrected chi connectivity index (χ1v) is 10.3. The van der Waals surface area contributed by atoms with Crippen LogP contribution in [0.25, 0.3) is 0 Å². The maximum atomic E-state index is 12.6. The molecule has 2 aromatic carbocycles. The Hall–Kier alpha value is -3.06. The standard InChI is InChI=1S/C22H22N4O2S/c1-13-5-4-6-16(8-13)20(28)23-22-25-24-21(29-22)17-11-19(27)26(12-17)18-9-14(2)7-15(3)10-18/h4-10,17H,11-12H2,1-3H3,(H,23,25,28). The van der Waals surface area contributed by atoms with Gasteiger partial charge in [-0.05, 0) is 56.2 Å². The molecule has 6 nitrogen and oxygen atoms in total. The van der Waals surface area contributed by atoms with Crippen LogP contribution in [0.4, 0.5) is 10.8 Å². The van der Waals surface area contributed by atoms with Gasteiger partial charge in [-0.3, -0.25) is 14.9 Å². The Morgan fingerprint density at radius 1 is 1.07 bits per heavy atom. The summed E-state index contributed by atoms with van der Waals surface area (Å²) < 4.78 is 0. The smallest absolute Gasteiger partial charge is 0.257 e. The van der Waals surface area contributed by atoms with Gasteiger partial charge in [0.2, 0.25) is 11.0 Å². The van der Waals surface area contributed by atoms with Crippen LogP contribution in [0.3, 0.4) is 0 Å². The minimum absolute atomic E-state index is 0.0227. The van der Waals surface area contributed by atoms with Crippen molar-refractivity contribution in [2.45, 2.75) is 33.1 Å². The summed E-state index contributed by atoms with van der Waals surface area (Å²) in [5.74, 6) is -0.151. The summed E-state index contributed by atoms with van der Waals surface area (Å²) in [6, 6.07) is 13.5. The molecule has 1 aromatic heterocycles. The van der Waals surface area contributed by atoms with E-state index in [-0.39, 0.29) is 17.7 Å². The molecule has 1 aliphatic rings. The molecule has 4 rings (SSSR count). The second kappa shape index (κ2) is 7.75. The van der Waals surface area contributed by atoms with E-state index in [0.29, 0.717) is 23.7 Å². The molecule has 1 N–H and O–H groups in total. The van der Waals surface area contributed by atoms with Crippen LogP contribution in [-0.2, 0) is 4.79 Å². The first kappa shape index (κ1) is 19.3. The molecule has 1 aliphatic heterocycles. The maximum absolute atomic E-state index is 12.6. The molecule has 0 saturated carbocycles. The predicted molar refractivity (Wildman–Crippen MR) is 115 cm³/mol. The zero-order chi connectivity index (χ0) is 20.5. The van der Waals surface area contributed by atoms with Gasteiger partial charge in [0.15, 0.2) is 0 Å². The molecule has 0 spiro atoms. The van der Waals surface area contributed by atoms with Gasteiger partial charge < -0.3 is 4.90 Å². The van der Waals surface area contributed by atoms with E-state index in [1.54, 1.807) is 6.07 Å². The average Bonchev–Trinajstić information content (AvgIpc) is 3.27. The fourth-order valence-corrected chi connectivity index (χ4v) is 4.46. The fourth-order valence-electron chi connectivity index (χ4n) is 3.63. The number of nitrogens with one attached hydrogen (secondary N) is 1. The molecule has 7 heteroatoms. The molecule has 2 amide bonds. The van der Waals surface area contributed by atoms with Crippen LogP contribution >= 0.6 is 11.3 Å². The molecule has 1 saturated heterocycles. The molecular formula is C22H22N4O2S. The van der Waals surface area contributed by atoms with E-state index in [2.05, 4.69) is 21.6 Å². The van der Waals surface area contributed by atoms with Gasteiger partial charge in [-0.1, -0.05) is 35.1 Å². The highest BCUT2D eigenvalue weighted by Crippen LogP contribution is 2.35. The van der Waals surface area contributed by atoms with E-state index in [1.165, 1.54) is 11.3 Å². The Balaban J connectivity index is 1.47. The SMILES string of the molecule is Cc1cccc(C(=O)Nc2nnc(C3CC(=O)N(c4cc(C)cc(C)c4)C3)s2)c1. The van der Waals surface area contributed by atoms with Gasteiger partial charge in [-0.25, -0.2) is 0 Å². The number of benzene rings is 2. The van der Waals surface area contributed by atoms with E-state index >= 15 is 0 Å². The van der Waals surface area contributed by atoms with Crippen molar-refractivity contribution in [2.75, 3.05) is 16.8 Å². The van der Waals surface area contributed by atoms with Crippen LogP contribution in [0.5, 0.6) is 0 Å². The van der Waals surface area contributed by atoms with E-state index in [9.17, 15) is 9.59 Å². The van der Waals surface area contributed by atoms with Gasteiger partial charge in [0, 0.05) is 30.1 Å². The van der Waals surface area contributed by atoms with Crippen molar-refractivity contribution < 1.29 is 9.59 Å². The monoisotopic (exact) mass is 406 g/mol. The summed E-state index contributed by atoms with van der Waals surface area (Å²) in [6.07, 6.45) is 0.396. The molecule has 148 valence electrons. The highest BCUT2D eigenvalue weighted by atomic mass is 32.1. The lowest BCUT2D eigenvalue weighted by Crippen LogP contribution is -2.24. The highest BCUT2D eigenvalue weighted by molar-refractivity contribution is 7.15. The van der Waals surface area contributed by atoms with E-state index in [4.69, 9.17) is 0 Å². The second-order valence-electron chi connectivity index (χ2n) is 7.52. The molecule has 1 atom stereocenters. The summed E-state index contributed by atoms with van der Waals surface area (Å²) in [4.78, 5) is 26.8. The van der Waals surface area contributed by atoms with Crippen molar-refractivity contribution in [1.82, 2.24) is 10.2 Å². The number of aromatic nitrogens is 2. The van der Waals surface area contributed by atoms with Crippen molar-refractivity contribution in [3.63, 3.8) is 0 Å². The van der Waals surface area contributed by atoms with Crippen LogP contribution in [0.2, 0.25) is 0 Å². The molecule has 0 aliphatic carbocycles. The third-order valence-corrected chi connectivity index (χ3v) is 5.93. The van der Waals surface area contributed by atoms with E-state index in [1.807, 2.05) is 56.0 Å². The first-order valence-electron chi connectivity index (χ1n) is 9.49. The van der Waals surface area contributed by atoms with Crippen molar-refractivity contribution in [2.24, 2.45) is 0 Å². The molecule has 1 unspecified atom stereocenters. The minimum Gasteiger partial charge on any atom is -0.312 e. The van der Waals surface area contributed by atoms with Gasteiger partial charge in [0.05, 0.1) is 0 Å². The van der Waals surface area contributed by atoms with Crippen molar-refractivity contribution in [3.05, 3.63) is 69.7 Å². The average molecular weight is 407 g/mol. The van der Waals surface area contributed by atoms with Crippen LogP contribution in [0.15, 0.2) is 42.5 Å². The van der Waals surface area contributed by atoms with Gasteiger partial charge >= 0.3 is 0 Å². The summed E-state index contributed by atoms with van der Waals surface area (Å²) in [7, 11) is 0. The zero-order valence-electron chi connectivity index (χ0n) is 16.6. The Morgan fingerprint density at radius 2 is 1.83 bits per heavy atom. The predicted octanol–water partition coefficient (Wildman–Crippen LogP) is 4.24. The van der Waals surface area contributed by atoms with Gasteiger partial charge in [0.25, 0.3) is 5.91 Å². The number of carbonyl (C=O) groups is 2. The van der Waals surface area contributed by atoms with Crippen LogP contribution in [0.1, 0.15) is 44.4 Å². The molecule has 2 heterocycles. The van der Waals surface area contributed by atoms with E-state index in [0.717, 1.165) is 27.4 Å². The van der Waals surface area contributed by atoms with Gasteiger partial charge in [-0.15, -0.1) is 10.2 Å². The molecule has 0 bridgehead atoms. The number of nitrogens with zero attached hydrogens (tertiary/aromatic N) is 3. The summed E-state index contributed by atoms with van der Waals surface area (Å²) >= 11 is 1.33. The lowest BCUT2D eigenvalue weighted by Gasteiger charge is -2.17. The van der Waals surface area contributed by atoms with Crippen LogP contribution in [0, 0.1) is 20.8 Å². The van der Waals surface area contributed by atoms with Crippen molar-refractivity contribution >= 4 is 34.0 Å². The third kappa shape index (κ3) is 4.19. The zero-order valence-corrected chi connectivity index (χ0v) is 17.4. The Kier molecular flexibility index (Phi) is 5.15. The van der Waals surface area contributed by atoms with Crippen LogP contribution in [-0.4, -0.2) is 28.6 Å². The number of rotatable bonds is 4. The summed E-state index contributed by atoms with van der Waals surface area (Å²) in [6.45, 7) is 6.57. The van der Waals surface area contributed by atoms with Gasteiger partial charge in [0.1, 0.15) is 5.01 Å². The Morgan fingerprint density at radius 3 is 2.55 bits per heavy atom. The molecule has 1 fully saturated rings. The molecule has 29 heavy (non-hydrogen) atoms. The first-order chi connectivity index (χ1) is 13.9. The Labute approximate surface area is 173 Å². The minimum atomic E-state index is -0.212. The number of anilines is 2. The van der Waals surface area contributed by atoms with Crippen molar-refractivity contribution in [3.8, 4) is 0 Å².